The van der Waals surface area contributed by atoms with Crippen molar-refractivity contribution in [1.29, 1.82) is 5.41 Å². The first kappa shape index (κ1) is 12.7. The van der Waals surface area contributed by atoms with Crippen LogP contribution >= 0.6 is 0 Å². The summed E-state index contributed by atoms with van der Waals surface area (Å²) in [5, 5.41) is 7.52. The maximum atomic E-state index is 7.52. The number of nitrogen functional groups attached to an aromatic ring is 1. The molecule has 0 fully saturated rings. The summed E-state index contributed by atoms with van der Waals surface area (Å²) in [4.78, 5) is 2.24. The average molecular weight is 265 g/mol. The molecule has 3 rings (SSSR count). The molecule has 2 aromatic carbocycles. The molecular formula is C17H19N3. The van der Waals surface area contributed by atoms with Crippen LogP contribution in [0.2, 0.25) is 0 Å². The van der Waals surface area contributed by atoms with Gasteiger partial charge in [-0.2, -0.15) is 0 Å². The zero-order chi connectivity index (χ0) is 14.1. The Kier molecular flexibility index (Phi) is 3.18. The van der Waals surface area contributed by atoms with Gasteiger partial charge in [0.1, 0.15) is 5.84 Å². The molecule has 0 heterocycles. The third-order valence-electron chi connectivity index (χ3n) is 4.05. The van der Waals surface area contributed by atoms with Crippen molar-refractivity contribution in [2.75, 3.05) is 18.5 Å². The molecule has 0 bridgehead atoms. The predicted molar refractivity (Wildman–Crippen MR) is 83.6 cm³/mol. The summed E-state index contributed by atoms with van der Waals surface area (Å²) in [6.07, 6.45) is 1.16. The fourth-order valence-electron chi connectivity index (χ4n) is 2.87. The van der Waals surface area contributed by atoms with Gasteiger partial charge in [0.15, 0.2) is 0 Å². The number of rotatable bonds is 4. The van der Waals surface area contributed by atoms with Gasteiger partial charge in [0.25, 0.3) is 0 Å². The van der Waals surface area contributed by atoms with Crippen molar-refractivity contribution in [3.63, 3.8) is 0 Å². The molecule has 0 amide bonds. The molecule has 20 heavy (non-hydrogen) atoms. The fraction of sp³-hybridized carbons (Fsp3) is 0.235. The van der Waals surface area contributed by atoms with Crippen LogP contribution in [-0.2, 0) is 6.42 Å². The Bertz CT molecular complexity index is 648. The van der Waals surface area contributed by atoms with Crippen LogP contribution in [-0.4, -0.2) is 19.4 Å². The molecule has 0 saturated carbocycles. The van der Waals surface area contributed by atoms with Crippen molar-refractivity contribution in [1.82, 2.24) is 0 Å². The maximum Gasteiger partial charge on any atom is 0.122 e. The van der Waals surface area contributed by atoms with Crippen molar-refractivity contribution < 1.29 is 0 Å². The molecule has 0 aliphatic heterocycles. The summed E-state index contributed by atoms with van der Waals surface area (Å²) < 4.78 is 0. The summed E-state index contributed by atoms with van der Waals surface area (Å²) in [5.41, 5.74) is 10.4. The van der Waals surface area contributed by atoms with Gasteiger partial charge in [-0.15, -0.1) is 0 Å². The maximum absolute atomic E-state index is 7.52. The van der Waals surface area contributed by atoms with Crippen molar-refractivity contribution in [2.24, 2.45) is 5.73 Å². The van der Waals surface area contributed by atoms with Gasteiger partial charge in [-0.1, -0.05) is 36.4 Å². The highest BCUT2D eigenvalue weighted by molar-refractivity contribution is 5.95. The lowest BCUT2D eigenvalue weighted by Crippen LogP contribution is -2.30. The second-order valence-electron chi connectivity index (χ2n) is 5.44. The molecular weight excluding hydrogens is 246 g/mol. The second kappa shape index (κ2) is 5.00. The molecule has 0 saturated heterocycles. The smallest absolute Gasteiger partial charge is 0.122 e. The van der Waals surface area contributed by atoms with E-state index in [2.05, 4.69) is 42.3 Å². The highest BCUT2D eigenvalue weighted by atomic mass is 15.1. The topological polar surface area (TPSA) is 53.1 Å². The zero-order valence-electron chi connectivity index (χ0n) is 11.6. The molecule has 2 aromatic rings. The molecule has 3 N–H and O–H groups in total. The molecule has 0 radical (unpaired) electrons. The van der Waals surface area contributed by atoms with Crippen molar-refractivity contribution in [2.45, 2.75) is 12.3 Å². The lowest BCUT2D eigenvalue weighted by Gasteiger charge is -2.34. The number of nitrogens with one attached hydrogen (secondary N) is 1. The molecule has 1 aliphatic rings. The van der Waals surface area contributed by atoms with Gasteiger partial charge in [0.2, 0.25) is 0 Å². The van der Waals surface area contributed by atoms with E-state index in [1.807, 2.05) is 18.2 Å². The summed E-state index contributed by atoms with van der Waals surface area (Å²) in [7, 11) is 2.10. The number of fused-ring (bicyclic) bond motifs is 1. The molecule has 1 aliphatic carbocycles. The van der Waals surface area contributed by atoms with Crippen molar-refractivity contribution in [3.05, 3.63) is 65.2 Å². The number of likely N-dealkylation sites (N-methyl/N-ethyl adjacent to an activating group) is 1. The quantitative estimate of drug-likeness (QED) is 0.659. The van der Waals surface area contributed by atoms with Gasteiger partial charge in [-0.05, 0) is 29.7 Å². The molecule has 3 nitrogen and oxygen atoms in total. The molecule has 3 heteroatoms. The Morgan fingerprint density at radius 1 is 1.25 bits per heavy atom. The number of benzene rings is 2. The van der Waals surface area contributed by atoms with E-state index in [-0.39, 0.29) is 5.84 Å². The van der Waals surface area contributed by atoms with Crippen LogP contribution in [0.4, 0.5) is 5.69 Å². The van der Waals surface area contributed by atoms with Crippen molar-refractivity contribution in [3.8, 4) is 0 Å². The highest BCUT2D eigenvalue weighted by Gasteiger charge is 2.26. The van der Waals surface area contributed by atoms with E-state index in [9.17, 15) is 0 Å². The van der Waals surface area contributed by atoms with E-state index < -0.39 is 0 Å². The predicted octanol–water partition coefficient (Wildman–Crippen LogP) is 2.75. The number of nitrogens with two attached hydrogens (primary N) is 1. The number of amidine groups is 1. The number of nitrogens with zero attached hydrogens (tertiary/aromatic N) is 1. The number of hydrogen-bond acceptors (Lipinski definition) is 2. The van der Waals surface area contributed by atoms with Crippen LogP contribution in [0.15, 0.2) is 48.5 Å². The van der Waals surface area contributed by atoms with Gasteiger partial charge >= 0.3 is 0 Å². The third-order valence-corrected chi connectivity index (χ3v) is 4.05. The van der Waals surface area contributed by atoms with E-state index in [1.165, 1.54) is 11.1 Å². The van der Waals surface area contributed by atoms with Crippen LogP contribution in [0.25, 0.3) is 0 Å². The SMILES string of the molecule is CN(CC1Cc2ccccc21)c1cccc(C(=N)N)c1. The van der Waals surface area contributed by atoms with Gasteiger partial charge < -0.3 is 10.6 Å². The minimum absolute atomic E-state index is 0.120. The Hall–Kier alpha value is -2.29. The summed E-state index contributed by atoms with van der Waals surface area (Å²) in [6.45, 7) is 0.998. The van der Waals surface area contributed by atoms with Gasteiger partial charge in [-0.3, -0.25) is 5.41 Å². The number of hydrogen-bond donors (Lipinski definition) is 2. The zero-order valence-corrected chi connectivity index (χ0v) is 11.6. The highest BCUT2D eigenvalue weighted by Crippen LogP contribution is 2.35. The lowest BCUT2D eigenvalue weighted by molar-refractivity contribution is 0.601. The third kappa shape index (κ3) is 2.27. The summed E-state index contributed by atoms with van der Waals surface area (Å²) in [6, 6.07) is 16.5. The van der Waals surface area contributed by atoms with Crippen LogP contribution in [0.5, 0.6) is 0 Å². The van der Waals surface area contributed by atoms with Crippen molar-refractivity contribution >= 4 is 11.5 Å². The molecule has 0 aromatic heterocycles. The first-order valence-electron chi connectivity index (χ1n) is 6.88. The van der Waals surface area contributed by atoms with Crippen LogP contribution in [0.3, 0.4) is 0 Å². The van der Waals surface area contributed by atoms with E-state index in [1.54, 1.807) is 0 Å². The minimum Gasteiger partial charge on any atom is -0.384 e. The molecule has 1 unspecified atom stereocenters. The standard InChI is InChI=1S/C17H19N3/c1-20(15-7-4-6-13(10-15)17(18)19)11-14-9-12-5-2-3-8-16(12)14/h2-8,10,14H,9,11H2,1H3,(H3,18,19). The lowest BCUT2D eigenvalue weighted by atomic mass is 9.77. The van der Waals surface area contributed by atoms with Gasteiger partial charge in [0, 0.05) is 30.8 Å². The second-order valence-corrected chi connectivity index (χ2v) is 5.44. The van der Waals surface area contributed by atoms with Crippen LogP contribution in [0, 0.1) is 5.41 Å². The summed E-state index contributed by atoms with van der Waals surface area (Å²) in [5.74, 6) is 0.728. The van der Waals surface area contributed by atoms with Crippen LogP contribution in [0.1, 0.15) is 22.6 Å². The molecule has 1 atom stereocenters. The minimum atomic E-state index is 0.120. The van der Waals surface area contributed by atoms with E-state index in [0.29, 0.717) is 5.92 Å². The average Bonchev–Trinajstić information content (AvgIpc) is 2.44. The van der Waals surface area contributed by atoms with Gasteiger partial charge in [0.05, 0.1) is 0 Å². The Morgan fingerprint density at radius 3 is 2.80 bits per heavy atom. The van der Waals surface area contributed by atoms with E-state index in [4.69, 9.17) is 11.1 Å². The normalized spacial score (nSPS) is 16.1. The first-order chi connectivity index (χ1) is 9.65. The largest absolute Gasteiger partial charge is 0.384 e. The Balaban J connectivity index is 1.73. The summed E-state index contributed by atoms with van der Waals surface area (Å²) >= 11 is 0. The van der Waals surface area contributed by atoms with E-state index in [0.717, 1.165) is 24.2 Å². The van der Waals surface area contributed by atoms with E-state index >= 15 is 0 Å². The monoisotopic (exact) mass is 265 g/mol. The van der Waals surface area contributed by atoms with Gasteiger partial charge in [-0.25, -0.2) is 0 Å². The molecule has 102 valence electrons. The Labute approximate surface area is 119 Å². The Morgan fingerprint density at radius 2 is 2.05 bits per heavy atom. The first-order valence-corrected chi connectivity index (χ1v) is 6.88. The number of anilines is 1. The fourth-order valence-corrected chi connectivity index (χ4v) is 2.87. The molecule has 0 spiro atoms. The van der Waals surface area contributed by atoms with Crippen LogP contribution < -0.4 is 10.6 Å².